The van der Waals surface area contributed by atoms with Gasteiger partial charge in [0, 0.05) is 28.7 Å². The van der Waals surface area contributed by atoms with Crippen molar-refractivity contribution < 1.29 is 23.5 Å². The predicted molar refractivity (Wildman–Crippen MR) is 142 cm³/mol. The normalized spacial score (nSPS) is 13.1. The van der Waals surface area contributed by atoms with Gasteiger partial charge in [0.2, 0.25) is 0 Å². The van der Waals surface area contributed by atoms with Gasteiger partial charge in [0.1, 0.15) is 11.0 Å². The molecule has 4 aromatic rings. The average molecular weight is 534 g/mol. The molecule has 3 aromatic carbocycles. The number of aryl methyl sites for hydroxylation is 2. The summed E-state index contributed by atoms with van der Waals surface area (Å²) < 4.78 is 27.3. The minimum atomic E-state index is -0.979. The van der Waals surface area contributed by atoms with E-state index >= 15 is 0 Å². The van der Waals surface area contributed by atoms with Gasteiger partial charge in [0.15, 0.2) is 11.6 Å². The van der Waals surface area contributed by atoms with Crippen molar-refractivity contribution in [2.24, 2.45) is 0 Å². The molecule has 1 unspecified atom stereocenters. The van der Waals surface area contributed by atoms with Gasteiger partial charge in [-0.05, 0) is 78.4 Å². The SMILES string of the molecule is O=C(O)CCNC(=O)c1ccc(C(Nc2ccc3c(c2)CCC3)c2nc(-c3ccc(F)c(F)c3)cs2)cc1. The number of hydrogen-bond acceptors (Lipinski definition) is 5. The van der Waals surface area contributed by atoms with E-state index in [1.54, 1.807) is 12.1 Å². The highest BCUT2D eigenvalue weighted by molar-refractivity contribution is 7.10. The van der Waals surface area contributed by atoms with Gasteiger partial charge in [-0.1, -0.05) is 18.2 Å². The molecule has 38 heavy (non-hydrogen) atoms. The number of thiazole rings is 1. The Hall–Kier alpha value is -4.11. The fourth-order valence-corrected chi connectivity index (χ4v) is 5.44. The molecule has 3 N–H and O–H groups in total. The van der Waals surface area contributed by atoms with E-state index in [-0.39, 0.29) is 24.9 Å². The van der Waals surface area contributed by atoms with Crippen molar-refractivity contribution in [1.29, 1.82) is 0 Å². The van der Waals surface area contributed by atoms with E-state index in [9.17, 15) is 18.4 Å². The minimum absolute atomic E-state index is 0.0459. The van der Waals surface area contributed by atoms with Crippen molar-refractivity contribution in [2.45, 2.75) is 31.7 Å². The summed E-state index contributed by atoms with van der Waals surface area (Å²) in [5.74, 6) is -3.17. The van der Waals surface area contributed by atoms with E-state index in [0.717, 1.165) is 47.7 Å². The molecule has 0 bridgehead atoms. The van der Waals surface area contributed by atoms with E-state index in [4.69, 9.17) is 10.1 Å². The molecule has 1 atom stereocenters. The van der Waals surface area contributed by atoms with E-state index in [1.807, 2.05) is 23.6 Å². The van der Waals surface area contributed by atoms with Crippen molar-refractivity contribution in [1.82, 2.24) is 10.3 Å². The van der Waals surface area contributed by atoms with Crippen LogP contribution in [0.25, 0.3) is 11.3 Å². The Morgan fingerprint density at radius 1 is 0.974 bits per heavy atom. The quantitative estimate of drug-likeness (QED) is 0.246. The van der Waals surface area contributed by atoms with Gasteiger partial charge in [-0.3, -0.25) is 9.59 Å². The number of nitrogens with zero attached hydrogens (tertiary/aromatic N) is 1. The molecule has 0 aliphatic heterocycles. The van der Waals surface area contributed by atoms with Gasteiger partial charge in [0.05, 0.1) is 12.1 Å². The smallest absolute Gasteiger partial charge is 0.305 e. The Kier molecular flexibility index (Phi) is 7.46. The summed E-state index contributed by atoms with van der Waals surface area (Å²) in [6, 6.07) is 16.7. The molecule has 0 saturated carbocycles. The molecule has 1 heterocycles. The number of aliphatic carboxylic acids is 1. The highest BCUT2D eigenvalue weighted by Crippen LogP contribution is 2.34. The lowest BCUT2D eigenvalue weighted by molar-refractivity contribution is -0.136. The molecular formula is C29H25F2N3O3S. The second kappa shape index (κ2) is 11.1. The number of amides is 1. The topological polar surface area (TPSA) is 91.3 Å². The van der Waals surface area contributed by atoms with Gasteiger partial charge < -0.3 is 15.7 Å². The van der Waals surface area contributed by atoms with Gasteiger partial charge >= 0.3 is 5.97 Å². The van der Waals surface area contributed by atoms with Crippen LogP contribution >= 0.6 is 11.3 Å². The first-order chi connectivity index (χ1) is 18.4. The number of carbonyl (C=O) groups excluding carboxylic acids is 1. The maximum atomic E-state index is 13.8. The zero-order chi connectivity index (χ0) is 26.6. The average Bonchev–Trinajstić information content (AvgIpc) is 3.58. The summed E-state index contributed by atoms with van der Waals surface area (Å²) in [5.41, 5.74) is 5.92. The zero-order valence-corrected chi connectivity index (χ0v) is 21.2. The number of rotatable bonds is 9. The lowest BCUT2D eigenvalue weighted by Gasteiger charge is -2.19. The number of hydrogen-bond donors (Lipinski definition) is 3. The Labute approximate surface area is 222 Å². The third-order valence-corrected chi connectivity index (χ3v) is 7.43. The Balaban J connectivity index is 1.43. The first-order valence-electron chi connectivity index (χ1n) is 12.3. The standard InChI is InChI=1S/C29H25F2N3O3S/c30-23-11-9-21(15-24(23)31)25-16-38-29(34-25)27(33-22-10-8-17-2-1-3-20(17)14-22)18-4-6-19(7-5-18)28(37)32-13-12-26(35)36/h4-11,14-16,27,33H,1-3,12-13H2,(H,32,37)(H,35,36). The van der Waals surface area contributed by atoms with Crippen molar-refractivity contribution in [3.05, 3.63) is 105 Å². The number of benzene rings is 3. The molecule has 194 valence electrons. The molecule has 1 aliphatic carbocycles. The van der Waals surface area contributed by atoms with Crippen molar-refractivity contribution in [3.63, 3.8) is 0 Å². The van der Waals surface area contributed by atoms with Gasteiger partial charge in [-0.25, -0.2) is 13.8 Å². The number of carboxylic acids is 1. The maximum Gasteiger partial charge on any atom is 0.305 e. The van der Waals surface area contributed by atoms with Crippen LogP contribution in [-0.4, -0.2) is 28.5 Å². The highest BCUT2D eigenvalue weighted by atomic mass is 32.1. The fourth-order valence-electron chi connectivity index (χ4n) is 4.54. The lowest BCUT2D eigenvalue weighted by Crippen LogP contribution is -2.26. The number of fused-ring (bicyclic) bond motifs is 1. The molecule has 0 saturated heterocycles. The number of carboxylic acid groups (broad SMARTS) is 1. The van der Waals surface area contributed by atoms with Crippen LogP contribution in [0.4, 0.5) is 14.5 Å². The summed E-state index contributed by atoms with van der Waals surface area (Å²) in [6.07, 6.45) is 3.11. The second-order valence-corrected chi connectivity index (χ2v) is 10.0. The molecule has 0 radical (unpaired) electrons. The third kappa shape index (κ3) is 5.73. The molecule has 1 aromatic heterocycles. The van der Waals surface area contributed by atoms with Crippen molar-refractivity contribution in [3.8, 4) is 11.3 Å². The Morgan fingerprint density at radius 3 is 2.53 bits per heavy atom. The molecule has 9 heteroatoms. The Bertz CT molecular complexity index is 1490. The van der Waals surface area contributed by atoms with Gasteiger partial charge in [-0.15, -0.1) is 11.3 Å². The molecular weight excluding hydrogens is 508 g/mol. The number of carbonyl (C=O) groups is 2. The van der Waals surface area contributed by atoms with Crippen LogP contribution < -0.4 is 10.6 Å². The van der Waals surface area contributed by atoms with Gasteiger partial charge in [-0.2, -0.15) is 0 Å². The first kappa shape index (κ1) is 25.5. The van der Waals surface area contributed by atoms with E-state index in [0.29, 0.717) is 16.8 Å². The minimum Gasteiger partial charge on any atom is -0.481 e. The van der Waals surface area contributed by atoms with Crippen molar-refractivity contribution in [2.75, 3.05) is 11.9 Å². The second-order valence-electron chi connectivity index (χ2n) is 9.14. The molecule has 6 nitrogen and oxygen atoms in total. The first-order valence-corrected chi connectivity index (χ1v) is 13.1. The maximum absolute atomic E-state index is 13.8. The van der Waals surface area contributed by atoms with Gasteiger partial charge in [0.25, 0.3) is 5.91 Å². The van der Waals surface area contributed by atoms with Crippen LogP contribution in [0, 0.1) is 11.6 Å². The third-order valence-electron chi connectivity index (χ3n) is 6.52. The molecule has 0 fully saturated rings. The van der Waals surface area contributed by atoms with E-state index in [2.05, 4.69) is 22.8 Å². The van der Waals surface area contributed by atoms with Crippen molar-refractivity contribution >= 4 is 28.9 Å². The van der Waals surface area contributed by atoms with Crippen LogP contribution in [0.3, 0.4) is 0 Å². The van der Waals surface area contributed by atoms with Crippen LogP contribution in [0.5, 0.6) is 0 Å². The predicted octanol–water partition coefficient (Wildman–Crippen LogP) is 5.98. The molecule has 0 spiro atoms. The van der Waals surface area contributed by atoms with Crippen LogP contribution in [-0.2, 0) is 17.6 Å². The van der Waals surface area contributed by atoms with E-state index < -0.39 is 17.6 Å². The summed E-state index contributed by atoms with van der Waals surface area (Å²) in [4.78, 5) is 27.9. The molecule has 1 amide bonds. The fraction of sp³-hybridized carbons (Fsp3) is 0.207. The number of halogens is 2. The number of aromatic nitrogens is 1. The summed E-state index contributed by atoms with van der Waals surface area (Å²) in [5, 5.41) is 17.5. The van der Waals surface area contributed by atoms with E-state index in [1.165, 1.54) is 28.5 Å². The van der Waals surface area contributed by atoms with Crippen LogP contribution in [0.1, 0.15) is 50.9 Å². The molecule has 5 rings (SSSR count). The Morgan fingerprint density at radius 2 is 1.76 bits per heavy atom. The highest BCUT2D eigenvalue weighted by Gasteiger charge is 2.21. The number of nitrogens with one attached hydrogen (secondary N) is 2. The zero-order valence-electron chi connectivity index (χ0n) is 20.3. The summed E-state index contributed by atoms with van der Waals surface area (Å²) in [6.45, 7) is 0.0459. The van der Waals surface area contributed by atoms with Crippen LogP contribution in [0.15, 0.2) is 66.0 Å². The number of anilines is 1. The molecule has 1 aliphatic rings. The monoisotopic (exact) mass is 533 g/mol. The van der Waals surface area contributed by atoms with Crippen LogP contribution in [0.2, 0.25) is 0 Å². The lowest BCUT2D eigenvalue weighted by atomic mass is 10.0. The summed E-state index contributed by atoms with van der Waals surface area (Å²) in [7, 11) is 0. The summed E-state index contributed by atoms with van der Waals surface area (Å²) >= 11 is 1.40. The largest absolute Gasteiger partial charge is 0.481 e.